The van der Waals surface area contributed by atoms with Crippen LogP contribution in [0.5, 0.6) is 0 Å². The molecule has 0 saturated carbocycles. The van der Waals surface area contributed by atoms with Crippen LogP contribution >= 0.6 is 0 Å². The van der Waals surface area contributed by atoms with Gasteiger partial charge in [-0.05, 0) is 24.6 Å². The van der Waals surface area contributed by atoms with E-state index in [1.54, 1.807) is 13.1 Å². The van der Waals surface area contributed by atoms with E-state index in [1.807, 2.05) is 41.2 Å². The van der Waals surface area contributed by atoms with Crippen molar-refractivity contribution in [2.45, 2.75) is 26.1 Å². The van der Waals surface area contributed by atoms with E-state index in [2.05, 4.69) is 28.6 Å². The summed E-state index contributed by atoms with van der Waals surface area (Å²) in [5.74, 6) is 0. The molecule has 0 spiro atoms. The highest BCUT2D eigenvalue weighted by atomic mass is 16.3. The molecule has 0 radical (unpaired) electrons. The van der Waals surface area contributed by atoms with E-state index in [9.17, 15) is 5.11 Å². The Kier molecular flexibility index (Phi) is 5.36. The number of nitrogens with one attached hydrogen (secondary N) is 1. The smallest absolute Gasteiger partial charge is 0.0983 e. The van der Waals surface area contributed by atoms with Crippen molar-refractivity contribution < 1.29 is 5.11 Å². The first-order chi connectivity index (χ1) is 11.7. The van der Waals surface area contributed by atoms with Crippen LogP contribution in [0, 0.1) is 0 Å². The summed E-state index contributed by atoms with van der Waals surface area (Å²) in [7, 11) is 0. The van der Waals surface area contributed by atoms with Crippen molar-refractivity contribution in [2.75, 3.05) is 6.54 Å². The lowest BCUT2D eigenvalue weighted by Gasteiger charge is -2.06. The predicted octanol–water partition coefficient (Wildman–Crippen LogP) is 2.46. The third kappa shape index (κ3) is 4.28. The molecule has 1 aromatic carbocycles. The standard InChI is InChI=1S/C19H22N4O/c1-15(24)10-21-12-18-14-23(13-16-6-3-2-4-7-16)22-19(18)17-8-5-9-20-11-17/h2-9,11,14-15,21,24H,10,12-13H2,1H3. The molecule has 0 aliphatic carbocycles. The molecule has 0 amide bonds. The molecule has 1 unspecified atom stereocenters. The van der Waals surface area contributed by atoms with E-state index in [-0.39, 0.29) is 6.10 Å². The normalized spacial score (nSPS) is 12.2. The molecule has 2 N–H and O–H groups in total. The van der Waals surface area contributed by atoms with Gasteiger partial charge in [0.2, 0.25) is 0 Å². The molecule has 0 aliphatic rings. The van der Waals surface area contributed by atoms with Gasteiger partial charge in [0.1, 0.15) is 0 Å². The molecule has 0 aliphatic heterocycles. The van der Waals surface area contributed by atoms with Crippen LogP contribution < -0.4 is 5.32 Å². The lowest BCUT2D eigenvalue weighted by atomic mass is 10.1. The first kappa shape index (κ1) is 16.4. The quantitative estimate of drug-likeness (QED) is 0.701. The van der Waals surface area contributed by atoms with Gasteiger partial charge in [0.05, 0.1) is 18.3 Å². The molecule has 24 heavy (non-hydrogen) atoms. The van der Waals surface area contributed by atoms with E-state index >= 15 is 0 Å². The largest absolute Gasteiger partial charge is 0.392 e. The van der Waals surface area contributed by atoms with Gasteiger partial charge >= 0.3 is 0 Å². The Hall–Kier alpha value is -2.50. The van der Waals surface area contributed by atoms with Crippen molar-refractivity contribution in [1.29, 1.82) is 0 Å². The fourth-order valence-electron chi connectivity index (χ4n) is 2.61. The highest BCUT2D eigenvalue weighted by Gasteiger charge is 2.12. The number of rotatable bonds is 7. The molecule has 3 aromatic rings. The molecule has 1 atom stereocenters. The highest BCUT2D eigenvalue weighted by molar-refractivity contribution is 5.61. The molecular weight excluding hydrogens is 300 g/mol. The molecule has 0 bridgehead atoms. The van der Waals surface area contributed by atoms with Gasteiger partial charge in [-0.2, -0.15) is 5.10 Å². The fraction of sp³-hybridized carbons (Fsp3) is 0.263. The van der Waals surface area contributed by atoms with Crippen LogP contribution in [0.25, 0.3) is 11.3 Å². The second kappa shape index (κ2) is 7.86. The summed E-state index contributed by atoms with van der Waals surface area (Å²) >= 11 is 0. The third-order valence-corrected chi connectivity index (χ3v) is 3.72. The van der Waals surface area contributed by atoms with Crippen LogP contribution in [0.3, 0.4) is 0 Å². The van der Waals surface area contributed by atoms with E-state index in [0.717, 1.165) is 23.4 Å². The van der Waals surface area contributed by atoms with Gasteiger partial charge in [0.15, 0.2) is 0 Å². The number of aliphatic hydroxyl groups excluding tert-OH is 1. The van der Waals surface area contributed by atoms with Crippen molar-refractivity contribution in [1.82, 2.24) is 20.1 Å². The Balaban J connectivity index is 1.84. The lowest BCUT2D eigenvalue weighted by Crippen LogP contribution is -2.23. The van der Waals surface area contributed by atoms with Gasteiger partial charge in [-0.25, -0.2) is 0 Å². The summed E-state index contributed by atoms with van der Waals surface area (Å²) in [6.45, 7) is 3.71. The maximum atomic E-state index is 9.42. The minimum absolute atomic E-state index is 0.369. The Bertz CT molecular complexity index is 754. The Morgan fingerprint density at radius 3 is 2.71 bits per heavy atom. The Morgan fingerprint density at radius 1 is 1.17 bits per heavy atom. The van der Waals surface area contributed by atoms with E-state index < -0.39 is 0 Å². The summed E-state index contributed by atoms with van der Waals surface area (Å²) in [5, 5.41) is 17.4. The van der Waals surface area contributed by atoms with E-state index in [4.69, 9.17) is 5.10 Å². The molecular formula is C19H22N4O. The molecule has 0 saturated heterocycles. The topological polar surface area (TPSA) is 63.0 Å². The molecule has 3 rings (SSSR count). The minimum atomic E-state index is -0.369. The SMILES string of the molecule is CC(O)CNCc1cn(Cc2ccccc2)nc1-c1cccnc1. The van der Waals surface area contributed by atoms with Gasteiger partial charge in [0, 0.05) is 42.8 Å². The number of pyridine rings is 1. The second-order valence-corrected chi connectivity index (χ2v) is 5.91. The monoisotopic (exact) mass is 322 g/mol. The van der Waals surface area contributed by atoms with Gasteiger partial charge in [-0.1, -0.05) is 30.3 Å². The number of benzene rings is 1. The predicted molar refractivity (Wildman–Crippen MR) is 94.4 cm³/mol. The van der Waals surface area contributed by atoms with Gasteiger partial charge < -0.3 is 10.4 Å². The summed E-state index contributed by atoms with van der Waals surface area (Å²) in [6, 6.07) is 14.2. The number of aromatic nitrogens is 3. The zero-order valence-corrected chi connectivity index (χ0v) is 13.8. The summed E-state index contributed by atoms with van der Waals surface area (Å²) in [6.07, 6.45) is 5.28. The summed E-state index contributed by atoms with van der Waals surface area (Å²) in [5.41, 5.74) is 4.23. The zero-order valence-electron chi connectivity index (χ0n) is 13.8. The van der Waals surface area contributed by atoms with Gasteiger partial charge in [-0.3, -0.25) is 9.67 Å². The van der Waals surface area contributed by atoms with Crippen molar-refractivity contribution in [3.05, 3.63) is 72.2 Å². The molecule has 0 fully saturated rings. The molecule has 2 aromatic heterocycles. The molecule has 5 nitrogen and oxygen atoms in total. The lowest BCUT2D eigenvalue weighted by molar-refractivity contribution is 0.191. The number of hydrogen-bond acceptors (Lipinski definition) is 4. The highest BCUT2D eigenvalue weighted by Crippen LogP contribution is 2.21. The second-order valence-electron chi connectivity index (χ2n) is 5.91. The average molecular weight is 322 g/mol. The van der Waals surface area contributed by atoms with Crippen molar-refractivity contribution in [3.63, 3.8) is 0 Å². The third-order valence-electron chi connectivity index (χ3n) is 3.72. The average Bonchev–Trinajstić information content (AvgIpc) is 2.99. The summed E-state index contributed by atoms with van der Waals surface area (Å²) < 4.78 is 1.96. The van der Waals surface area contributed by atoms with Gasteiger partial charge in [-0.15, -0.1) is 0 Å². The van der Waals surface area contributed by atoms with Crippen LogP contribution in [0.4, 0.5) is 0 Å². The van der Waals surface area contributed by atoms with Crippen LogP contribution in [0.2, 0.25) is 0 Å². The zero-order chi connectivity index (χ0) is 16.8. The van der Waals surface area contributed by atoms with Crippen LogP contribution in [-0.4, -0.2) is 32.5 Å². The number of nitrogens with zero attached hydrogens (tertiary/aromatic N) is 3. The first-order valence-corrected chi connectivity index (χ1v) is 8.12. The maximum Gasteiger partial charge on any atom is 0.0983 e. The Morgan fingerprint density at radius 2 is 2.00 bits per heavy atom. The number of hydrogen-bond donors (Lipinski definition) is 2. The minimum Gasteiger partial charge on any atom is -0.392 e. The van der Waals surface area contributed by atoms with Crippen LogP contribution in [0.15, 0.2) is 61.1 Å². The first-order valence-electron chi connectivity index (χ1n) is 8.12. The molecule has 124 valence electrons. The Labute approximate surface area is 142 Å². The maximum absolute atomic E-state index is 9.42. The molecule has 2 heterocycles. The van der Waals surface area contributed by atoms with E-state index in [0.29, 0.717) is 13.1 Å². The van der Waals surface area contributed by atoms with Crippen LogP contribution in [0.1, 0.15) is 18.1 Å². The van der Waals surface area contributed by atoms with Crippen LogP contribution in [-0.2, 0) is 13.1 Å². The summed E-state index contributed by atoms with van der Waals surface area (Å²) in [4.78, 5) is 4.19. The molecule has 5 heteroatoms. The fourth-order valence-corrected chi connectivity index (χ4v) is 2.61. The van der Waals surface area contributed by atoms with Crippen molar-refractivity contribution in [3.8, 4) is 11.3 Å². The van der Waals surface area contributed by atoms with Crippen molar-refractivity contribution >= 4 is 0 Å². The number of aliphatic hydroxyl groups is 1. The van der Waals surface area contributed by atoms with Gasteiger partial charge in [0.25, 0.3) is 0 Å². The van der Waals surface area contributed by atoms with Crippen molar-refractivity contribution in [2.24, 2.45) is 0 Å². The van der Waals surface area contributed by atoms with E-state index in [1.165, 1.54) is 5.56 Å².